The fourth-order valence-corrected chi connectivity index (χ4v) is 0.993. The molecule has 1 aromatic heterocycles. The Morgan fingerprint density at radius 3 is 2.81 bits per heavy atom. The number of furan rings is 1. The number of carbonyl (C=O) groups excluding carboxylic acids is 2. The maximum absolute atomic E-state index is 11.0. The predicted molar refractivity (Wildman–Crippen MR) is 55.7 cm³/mol. The standard InChI is InChI=1S/C11H12O5/c1-3-15-10(12)7-5-8-4-6-9(16-8)11(13)14-2/h4-7H,3H2,1-2H3. The van der Waals surface area contributed by atoms with E-state index in [1.807, 2.05) is 0 Å². The third-order valence-corrected chi connectivity index (χ3v) is 1.68. The Balaban J connectivity index is 2.65. The molecule has 0 amide bonds. The van der Waals surface area contributed by atoms with Gasteiger partial charge in [-0.2, -0.15) is 0 Å². The van der Waals surface area contributed by atoms with Gasteiger partial charge in [-0.1, -0.05) is 0 Å². The lowest BCUT2D eigenvalue weighted by atomic mass is 10.4. The highest BCUT2D eigenvalue weighted by Crippen LogP contribution is 2.10. The third-order valence-electron chi connectivity index (χ3n) is 1.68. The number of rotatable bonds is 4. The van der Waals surface area contributed by atoms with Crippen LogP contribution in [0.2, 0.25) is 0 Å². The van der Waals surface area contributed by atoms with Gasteiger partial charge >= 0.3 is 11.9 Å². The summed E-state index contributed by atoms with van der Waals surface area (Å²) in [7, 11) is 1.26. The third kappa shape index (κ3) is 3.27. The van der Waals surface area contributed by atoms with Gasteiger partial charge in [0.1, 0.15) is 5.76 Å². The first kappa shape index (κ1) is 12.0. The molecule has 0 N–H and O–H groups in total. The van der Waals surface area contributed by atoms with E-state index in [0.717, 1.165) is 0 Å². The first-order valence-corrected chi connectivity index (χ1v) is 4.70. The molecule has 5 heteroatoms. The summed E-state index contributed by atoms with van der Waals surface area (Å²) in [6.45, 7) is 2.03. The molecule has 0 saturated carbocycles. The number of hydrogen-bond donors (Lipinski definition) is 0. The van der Waals surface area contributed by atoms with Crippen LogP contribution in [0.25, 0.3) is 6.08 Å². The van der Waals surface area contributed by atoms with E-state index >= 15 is 0 Å². The Kier molecular flexibility index (Phi) is 4.32. The van der Waals surface area contributed by atoms with Crippen molar-refractivity contribution < 1.29 is 23.5 Å². The predicted octanol–water partition coefficient (Wildman–Crippen LogP) is 1.64. The highest BCUT2D eigenvalue weighted by atomic mass is 16.5. The molecule has 0 saturated heterocycles. The summed E-state index contributed by atoms with van der Waals surface area (Å²) in [5, 5.41) is 0. The van der Waals surface area contributed by atoms with Crippen molar-refractivity contribution in [1.29, 1.82) is 0 Å². The normalized spacial score (nSPS) is 10.4. The molecule has 0 radical (unpaired) electrons. The summed E-state index contributed by atoms with van der Waals surface area (Å²) < 4.78 is 14.2. The summed E-state index contributed by atoms with van der Waals surface area (Å²) >= 11 is 0. The average Bonchev–Trinajstić information content (AvgIpc) is 2.74. The maximum atomic E-state index is 11.0. The molecule has 1 heterocycles. The van der Waals surface area contributed by atoms with Gasteiger partial charge in [0.25, 0.3) is 0 Å². The molecule has 16 heavy (non-hydrogen) atoms. The molecule has 5 nitrogen and oxygen atoms in total. The summed E-state index contributed by atoms with van der Waals surface area (Å²) in [6, 6.07) is 3.03. The van der Waals surface area contributed by atoms with Gasteiger partial charge in [-0.25, -0.2) is 9.59 Å². The SMILES string of the molecule is CCOC(=O)C=Cc1ccc(C(=O)OC)o1. The summed E-state index contributed by atoms with van der Waals surface area (Å²) in [4.78, 5) is 22.0. The van der Waals surface area contributed by atoms with E-state index in [9.17, 15) is 9.59 Å². The van der Waals surface area contributed by atoms with Crippen LogP contribution in [-0.4, -0.2) is 25.7 Å². The van der Waals surface area contributed by atoms with Gasteiger partial charge in [0, 0.05) is 6.08 Å². The van der Waals surface area contributed by atoms with Gasteiger partial charge in [-0.15, -0.1) is 0 Å². The highest BCUT2D eigenvalue weighted by molar-refractivity contribution is 5.88. The van der Waals surface area contributed by atoms with Crippen molar-refractivity contribution in [2.75, 3.05) is 13.7 Å². The van der Waals surface area contributed by atoms with Crippen LogP contribution in [-0.2, 0) is 14.3 Å². The van der Waals surface area contributed by atoms with Crippen LogP contribution in [0.4, 0.5) is 0 Å². The summed E-state index contributed by atoms with van der Waals surface area (Å²) in [6.07, 6.45) is 2.65. The molecular weight excluding hydrogens is 212 g/mol. The lowest BCUT2D eigenvalue weighted by molar-refractivity contribution is -0.137. The Bertz CT molecular complexity index is 402. The maximum Gasteiger partial charge on any atom is 0.373 e. The smallest absolute Gasteiger partial charge is 0.373 e. The zero-order chi connectivity index (χ0) is 12.0. The van der Waals surface area contributed by atoms with Crippen molar-refractivity contribution in [2.45, 2.75) is 6.92 Å². The van der Waals surface area contributed by atoms with Gasteiger partial charge in [-0.3, -0.25) is 0 Å². The number of methoxy groups -OCH3 is 1. The molecular formula is C11H12O5. The van der Waals surface area contributed by atoms with Crippen molar-refractivity contribution >= 4 is 18.0 Å². The monoisotopic (exact) mass is 224 g/mol. The van der Waals surface area contributed by atoms with E-state index in [2.05, 4.69) is 9.47 Å². The van der Waals surface area contributed by atoms with Gasteiger partial charge in [0.2, 0.25) is 5.76 Å². The lowest BCUT2D eigenvalue weighted by Gasteiger charge is -1.94. The van der Waals surface area contributed by atoms with Crippen LogP contribution in [0.3, 0.4) is 0 Å². The second kappa shape index (κ2) is 5.75. The first-order valence-electron chi connectivity index (χ1n) is 4.70. The summed E-state index contributed by atoms with van der Waals surface area (Å²) in [5.74, 6) is -0.547. The van der Waals surface area contributed by atoms with E-state index in [1.165, 1.54) is 25.3 Å². The molecule has 0 aromatic carbocycles. The summed E-state index contributed by atoms with van der Waals surface area (Å²) in [5.41, 5.74) is 0. The number of carbonyl (C=O) groups is 2. The second-order valence-corrected chi connectivity index (χ2v) is 2.78. The number of ether oxygens (including phenoxy) is 2. The molecule has 0 aliphatic heterocycles. The van der Waals surface area contributed by atoms with Crippen LogP contribution in [0.15, 0.2) is 22.6 Å². The van der Waals surface area contributed by atoms with E-state index in [1.54, 1.807) is 13.0 Å². The fourth-order valence-electron chi connectivity index (χ4n) is 0.993. The highest BCUT2D eigenvalue weighted by Gasteiger charge is 2.09. The van der Waals surface area contributed by atoms with Crippen molar-refractivity contribution in [3.63, 3.8) is 0 Å². The molecule has 0 spiro atoms. The largest absolute Gasteiger partial charge is 0.463 e. The van der Waals surface area contributed by atoms with E-state index in [0.29, 0.717) is 12.4 Å². The zero-order valence-corrected chi connectivity index (χ0v) is 9.06. The zero-order valence-electron chi connectivity index (χ0n) is 9.06. The van der Waals surface area contributed by atoms with Crippen LogP contribution in [0.5, 0.6) is 0 Å². The number of hydrogen-bond acceptors (Lipinski definition) is 5. The lowest BCUT2D eigenvalue weighted by Crippen LogP contribution is -1.98. The Labute approximate surface area is 92.6 Å². The molecule has 0 unspecified atom stereocenters. The van der Waals surface area contributed by atoms with Crippen LogP contribution in [0, 0.1) is 0 Å². The second-order valence-electron chi connectivity index (χ2n) is 2.78. The van der Waals surface area contributed by atoms with Gasteiger partial charge in [0.15, 0.2) is 0 Å². The molecule has 86 valence electrons. The Morgan fingerprint density at radius 2 is 2.19 bits per heavy atom. The van der Waals surface area contributed by atoms with Crippen LogP contribution < -0.4 is 0 Å². The molecule has 1 aromatic rings. The Morgan fingerprint density at radius 1 is 1.44 bits per heavy atom. The van der Waals surface area contributed by atoms with Gasteiger partial charge < -0.3 is 13.9 Å². The fraction of sp³-hybridized carbons (Fsp3) is 0.273. The molecule has 0 aliphatic rings. The quantitative estimate of drug-likeness (QED) is 0.574. The average molecular weight is 224 g/mol. The van der Waals surface area contributed by atoms with Gasteiger partial charge in [-0.05, 0) is 25.1 Å². The van der Waals surface area contributed by atoms with Crippen molar-refractivity contribution in [3.8, 4) is 0 Å². The molecule has 1 rings (SSSR count). The van der Waals surface area contributed by atoms with E-state index in [-0.39, 0.29) is 5.76 Å². The minimum Gasteiger partial charge on any atom is -0.463 e. The van der Waals surface area contributed by atoms with Crippen molar-refractivity contribution in [2.24, 2.45) is 0 Å². The van der Waals surface area contributed by atoms with E-state index in [4.69, 9.17) is 4.42 Å². The topological polar surface area (TPSA) is 65.7 Å². The van der Waals surface area contributed by atoms with Crippen LogP contribution in [0.1, 0.15) is 23.2 Å². The minimum absolute atomic E-state index is 0.0889. The molecule has 0 atom stereocenters. The Hall–Kier alpha value is -2.04. The minimum atomic E-state index is -0.559. The van der Waals surface area contributed by atoms with Gasteiger partial charge in [0.05, 0.1) is 13.7 Å². The van der Waals surface area contributed by atoms with Crippen molar-refractivity contribution in [1.82, 2.24) is 0 Å². The van der Waals surface area contributed by atoms with Crippen molar-refractivity contribution in [3.05, 3.63) is 29.7 Å². The molecule has 0 aliphatic carbocycles. The first-order chi connectivity index (χ1) is 7.67. The van der Waals surface area contributed by atoms with Crippen LogP contribution >= 0.6 is 0 Å². The molecule has 0 fully saturated rings. The number of esters is 2. The molecule has 0 bridgehead atoms. The van der Waals surface area contributed by atoms with E-state index < -0.39 is 11.9 Å².